The van der Waals surface area contributed by atoms with Crippen LogP contribution in [0.5, 0.6) is 0 Å². The molecule has 0 amide bonds. The normalized spacial score (nSPS) is 9.71. The molecule has 4 nitrogen and oxygen atoms in total. The summed E-state index contributed by atoms with van der Waals surface area (Å²) in [4.78, 5) is 0. The highest BCUT2D eigenvalue weighted by Crippen LogP contribution is 2.28. The van der Waals surface area contributed by atoms with Gasteiger partial charge in [-0.05, 0) is 24.3 Å². The first-order valence-electron chi connectivity index (χ1n) is 4.64. The summed E-state index contributed by atoms with van der Waals surface area (Å²) in [5.41, 5.74) is 1.08. The molecule has 0 unspecified atom stereocenters. The van der Waals surface area contributed by atoms with E-state index in [1.165, 1.54) is 6.20 Å². The number of anilines is 2. The highest BCUT2D eigenvalue weighted by Gasteiger charge is 2.06. The molecule has 0 aliphatic carbocycles. The van der Waals surface area contributed by atoms with Crippen molar-refractivity contribution in [1.29, 1.82) is 5.26 Å². The Kier molecular flexibility index (Phi) is 3.57. The number of nitrogens with one attached hydrogen (secondary N) is 1. The number of hydrogen-bond donors (Lipinski definition) is 1. The number of rotatable bonds is 2. The van der Waals surface area contributed by atoms with Crippen LogP contribution >= 0.6 is 27.5 Å². The summed E-state index contributed by atoms with van der Waals surface area (Å²) in [5.74, 6) is 0.384. The van der Waals surface area contributed by atoms with E-state index in [-0.39, 0.29) is 0 Å². The van der Waals surface area contributed by atoms with Crippen LogP contribution in [0.15, 0.2) is 34.9 Å². The highest BCUT2D eigenvalue weighted by molar-refractivity contribution is 9.10. The molecule has 84 valence electrons. The summed E-state index contributed by atoms with van der Waals surface area (Å²) in [6.45, 7) is 0. The van der Waals surface area contributed by atoms with Gasteiger partial charge in [0.1, 0.15) is 6.07 Å². The van der Waals surface area contributed by atoms with E-state index in [1.54, 1.807) is 18.2 Å². The molecule has 1 N–H and O–H groups in total. The third-order valence-electron chi connectivity index (χ3n) is 2.02. The van der Waals surface area contributed by atoms with Gasteiger partial charge in [0.05, 0.1) is 22.5 Å². The Balaban J connectivity index is 2.38. The lowest BCUT2D eigenvalue weighted by Gasteiger charge is -2.08. The van der Waals surface area contributed by atoms with Crippen LogP contribution in [0.3, 0.4) is 0 Å². The van der Waals surface area contributed by atoms with Gasteiger partial charge in [-0.15, -0.1) is 5.10 Å². The molecule has 17 heavy (non-hydrogen) atoms. The van der Waals surface area contributed by atoms with E-state index in [2.05, 4.69) is 31.4 Å². The zero-order valence-electron chi connectivity index (χ0n) is 8.48. The summed E-state index contributed by atoms with van der Waals surface area (Å²) in [5, 5.41) is 20.0. The van der Waals surface area contributed by atoms with Crippen LogP contribution in [0.4, 0.5) is 11.5 Å². The monoisotopic (exact) mass is 308 g/mol. The minimum atomic E-state index is 0.384. The first kappa shape index (κ1) is 11.8. The molecular weight excluding hydrogens is 304 g/mol. The minimum absolute atomic E-state index is 0.384. The molecule has 0 atom stereocenters. The van der Waals surface area contributed by atoms with E-state index in [9.17, 15) is 0 Å². The Morgan fingerprint density at radius 2 is 2.18 bits per heavy atom. The van der Waals surface area contributed by atoms with Crippen LogP contribution in [0.2, 0.25) is 5.02 Å². The second-order valence-corrected chi connectivity index (χ2v) is 4.48. The molecule has 0 aliphatic heterocycles. The maximum Gasteiger partial charge on any atom is 0.171 e. The molecule has 6 heteroatoms. The number of nitrogens with zero attached hydrogens (tertiary/aromatic N) is 3. The topological polar surface area (TPSA) is 61.6 Å². The molecule has 1 aromatic carbocycles. The summed E-state index contributed by atoms with van der Waals surface area (Å²) in [7, 11) is 0. The van der Waals surface area contributed by atoms with Crippen LogP contribution in [0, 0.1) is 11.3 Å². The van der Waals surface area contributed by atoms with Crippen LogP contribution < -0.4 is 5.32 Å². The maximum absolute atomic E-state index is 8.92. The zero-order valence-corrected chi connectivity index (χ0v) is 10.8. The van der Waals surface area contributed by atoms with Crippen molar-refractivity contribution in [2.45, 2.75) is 0 Å². The van der Waals surface area contributed by atoms with Gasteiger partial charge in [0.15, 0.2) is 5.82 Å². The number of nitriles is 1. The van der Waals surface area contributed by atoms with E-state index in [1.807, 2.05) is 12.1 Å². The summed E-state index contributed by atoms with van der Waals surface area (Å²) < 4.78 is 0.881. The number of hydrogen-bond acceptors (Lipinski definition) is 4. The average Bonchev–Trinajstić information content (AvgIpc) is 2.34. The van der Waals surface area contributed by atoms with Crippen molar-refractivity contribution in [2.75, 3.05) is 5.32 Å². The SMILES string of the molecule is N#Cc1ccnnc1Nc1cc(Br)ccc1Cl. The van der Waals surface area contributed by atoms with Crippen LogP contribution in [0.1, 0.15) is 5.56 Å². The lowest BCUT2D eigenvalue weighted by Crippen LogP contribution is -1.98. The van der Waals surface area contributed by atoms with Gasteiger partial charge in [-0.2, -0.15) is 10.4 Å². The Hall–Kier alpha value is -1.64. The van der Waals surface area contributed by atoms with E-state index in [0.717, 1.165) is 4.47 Å². The summed E-state index contributed by atoms with van der Waals surface area (Å²) in [6.07, 6.45) is 1.46. The fourth-order valence-electron chi connectivity index (χ4n) is 1.24. The third kappa shape index (κ3) is 2.73. The zero-order chi connectivity index (χ0) is 12.3. The molecule has 0 bridgehead atoms. The van der Waals surface area contributed by atoms with Gasteiger partial charge in [0.25, 0.3) is 0 Å². The molecule has 0 saturated carbocycles. The van der Waals surface area contributed by atoms with E-state index < -0.39 is 0 Å². The molecule has 2 aromatic rings. The highest BCUT2D eigenvalue weighted by atomic mass is 79.9. The van der Waals surface area contributed by atoms with Crippen molar-refractivity contribution in [2.24, 2.45) is 0 Å². The average molecular weight is 310 g/mol. The molecular formula is C11H6BrClN4. The van der Waals surface area contributed by atoms with Crippen molar-refractivity contribution in [3.8, 4) is 6.07 Å². The third-order valence-corrected chi connectivity index (χ3v) is 2.85. The summed E-state index contributed by atoms with van der Waals surface area (Å²) >= 11 is 9.37. The van der Waals surface area contributed by atoms with Crippen molar-refractivity contribution >= 4 is 39.0 Å². The number of aromatic nitrogens is 2. The Labute approximate surface area is 111 Å². The molecule has 2 rings (SSSR count). The van der Waals surface area contributed by atoms with Gasteiger partial charge in [-0.1, -0.05) is 27.5 Å². The largest absolute Gasteiger partial charge is 0.336 e. The fourth-order valence-corrected chi connectivity index (χ4v) is 1.76. The first-order valence-corrected chi connectivity index (χ1v) is 5.81. The lowest BCUT2D eigenvalue weighted by atomic mass is 10.2. The molecule has 1 aromatic heterocycles. The summed E-state index contributed by atoms with van der Waals surface area (Å²) in [6, 6.07) is 8.99. The minimum Gasteiger partial charge on any atom is -0.336 e. The van der Waals surface area contributed by atoms with E-state index >= 15 is 0 Å². The molecule has 1 heterocycles. The smallest absolute Gasteiger partial charge is 0.171 e. The second kappa shape index (κ2) is 5.13. The van der Waals surface area contributed by atoms with Gasteiger partial charge >= 0.3 is 0 Å². The Morgan fingerprint density at radius 3 is 2.94 bits per heavy atom. The van der Waals surface area contributed by atoms with E-state index in [4.69, 9.17) is 16.9 Å². The van der Waals surface area contributed by atoms with Crippen LogP contribution in [-0.4, -0.2) is 10.2 Å². The van der Waals surface area contributed by atoms with Gasteiger partial charge in [-0.25, -0.2) is 0 Å². The van der Waals surface area contributed by atoms with Crippen molar-refractivity contribution in [3.63, 3.8) is 0 Å². The van der Waals surface area contributed by atoms with Crippen molar-refractivity contribution in [1.82, 2.24) is 10.2 Å². The fraction of sp³-hybridized carbons (Fsp3) is 0. The number of halogens is 2. The predicted molar refractivity (Wildman–Crippen MR) is 69.2 cm³/mol. The maximum atomic E-state index is 8.92. The predicted octanol–water partition coefficient (Wildman–Crippen LogP) is 3.51. The van der Waals surface area contributed by atoms with Gasteiger partial charge < -0.3 is 5.32 Å². The number of benzene rings is 1. The molecule has 0 aliphatic rings. The molecule has 0 radical (unpaired) electrons. The van der Waals surface area contributed by atoms with Gasteiger partial charge in [0, 0.05) is 4.47 Å². The van der Waals surface area contributed by atoms with Gasteiger partial charge in [-0.3, -0.25) is 0 Å². The first-order chi connectivity index (χ1) is 8.20. The second-order valence-electron chi connectivity index (χ2n) is 3.15. The van der Waals surface area contributed by atoms with Crippen LogP contribution in [-0.2, 0) is 0 Å². The standard InChI is InChI=1S/C11H6BrClN4/c12-8-1-2-9(13)10(5-8)16-11-7(6-14)3-4-15-17-11/h1-5H,(H,16,17). The molecule has 0 spiro atoms. The Morgan fingerprint density at radius 1 is 1.35 bits per heavy atom. The van der Waals surface area contributed by atoms with E-state index in [0.29, 0.717) is 22.1 Å². The molecule has 0 saturated heterocycles. The van der Waals surface area contributed by atoms with Crippen molar-refractivity contribution in [3.05, 3.63) is 45.5 Å². The molecule has 0 fully saturated rings. The van der Waals surface area contributed by atoms with Crippen molar-refractivity contribution < 1.29 is 0 Å². The van der Waals surface area contributed by atoms with Gasteiger partial charge in [0.2, 0.25) is 0 Å². The lowest BCUT2D eigenvalue weighted by molar-refractivity contribution is 1.03. The Bertz CT molecular complexity index is 594. The quantitative estimate of drug-likeness (QED) is 0.922. The van der Waals surface area contributed by atoms with Crippen LogP contribution in [0.25, 0.3) is 0 Å².